The van der Waals surface area contributed by atoms with E-state index in [1.54, 1.807) is 48.5 Å². The van der Waals surface area contributed by atoms with Crippen LogP contribution < -0.4 is 18.9 Å². The van der Waals surface area contributed by atoms with Crippen molar-refractivity contribution < 1.29 is 27.4 Å². The van der Waals surface area contributed by atoms with E-state index in [1.807, 2.05) is 34.6 Å². The van der Waals surface area contributed by atoms with Gasteiger partial charge < -0.3 is 14.2 Å². The Hall–Kier alpha value is -3.52. The second-order valence-corrected chi connectivity index (χ2v) is 11.6. The van der Waals surface area contributed by atoms with Crippen molar-refractivity contribution >= 4 is 21.7 Å². The number of hydrogen-bond donors (Lipinski definition) is 1. The summed E-state index contributed by atoms with van der Waals surface area (Å²) in [5.41, 5.74) is 4.72. The van der Waals surface area contributed by atoms with Crippen LogP contribution in [0, 0.1) is 27.7 Å². The maximum Gasteiger partial charge on any atom is 0.308 e. The molecule has 1 aliphatic heterocycles. The van der Waals surface area contributed by atoms with E-state index < -0.39 is 15.6 Å². The lowest BCUT2D eigenvalue weighted by Crippen LogP contribution is -2.42. The van der Waals surface area contributed by atoms with Crippen molar-refractivity contribution in [2.45, 2.75) is 64.9 Å². The van der Waals surface area contributed by atoms with Gasteiger partial charge in [0.2, 0.25) is 0 Å². The smallest absolute Gasteiger partial charge is 0.308 e. The topological polar surface area (TPSA) is 90.9 Å². The number of benzene rings is 3. The molecule has 196 valence electrons. The number of carbonyl (C=O) groups excluding carboxylic acids is 1. The summed E-state index contributed by atoms with van der Waals surface area (Å²) in [7, 11) is -3.67. The third-order valence-corrected chi connectivity index (χ3v) is 8.19. The lowest BCUT2D eigenvalue weighted by molar-refractivity contribution is -0.132. The molecular weight excluding hydrogens is 490 g/mol. The largest absolute Gasteiger partial charge is 0.489 e. The molecule has 37 heavy (non-hydrogen) atoms. The van der Waals surface area contributed by atoms with Gasteiger partial charge in [-0.05, 0) is 101 Å². The molecule has 1 atom stereocenters. The Morgan fingerprint density at radius 1 is 0.973 bits per heavy atom. The highest BCUT2D eigenvalue weighted by Gasteiger charge is 2.36. The number of esters is 1. The molecule has 1 N–H and O–H groups in total. The normalized spacial score (nSPS) is 16.9. The van der Waals surface area contributed by atoms with E-state index in [-0.39, 0.29) is 10.9 Å². The van der Waals surface area contributed by atoms with Crippen LogP contribution in [-0.4, -0.2) is 26.6 Å². The van der Waals surface area contributed by atoms with Gasteiger partial charge in [0.25, 0.3) is 10.0 Å². The molecule has 7 nitrogen and oxygen atoms in total. The van der Waals surface area contributed by atoms with Crippen LogP contribution in [0.3, 0.4) is 0 Å². The summed E-state index contributed by atoms with van der Waals surface area (Å²) in [5, 5.41) is 0. The molecule has 0 amide bonds. The number of anilines is 1. The van der Waals surface area contributed by atoms with Crippen molar-refractivity contribution in [2.24, 2.45) is 0 Å². The van der Waals surface area contributed by atoms with Gasteiger partial charge in [-0.2, -0.15) is 0 Å². The lowest BCUT2D eigenvalue weighted by Gasteiger charge is -2.37. The zero-order valence-electron chi connectivity index (χ0n) is 22.1. The van der Waals surface area contributed by atoms with Crippen LogP contribution in [0.1, 0.15) is 48.1 Å². The fraction of sp³-hybridized carbons (Fsp3) is 0.345. The van der Waals surface area contributed by atoms with Crippen molar-refractivity contribution in [1.29, 1.82) is 0 Å². The monoisotopic (exact) mass is 523 g/mol. The fourth-order valence-electron chi connectivity index (χ4n) is 4.47. The fourth-order valence-corrected chi connectivity index (χ4v) is 5.53. The van der Waals surface area contributed by atoms with E-state index in [0.717, 1.165) is 46.4 Å². The first kappa shape index (κ1) is 26.5. The number of nitrogens with one attached hydrogen (secondary N) is 1. The second kappa shape index (κ2) is 10.1. The standard InChI is InChI=1S/C29H33NO6S/c1-18-7-13-25(14-8-18)37(32,33)30-23-9-11-24(12-10-23)34-17-29(6)16-15-26-21(4)27(35-22(5)31)19(2)20(3)28(26)36-29/h7-14,30H,15-17H2,1-6H3. The van der Waals surface area contributed by atoms with Crippen LogP contribution in [0.5, 0.6) is 17.2 Å². The van der Waals surface area contributed by atoms with Gasteiger partial charge in [0, 0.05) is 18.2 Å². The number of rotatable bonds is 7. The van der Waals surface area contributed by atoms with Gasteiger partial charge in [-0.3, -0.25) is 9.52 Å². The molecule has 8 heteroatoms. The van der Waals surface area contributed by atoms with Crippen LogP contribution in [0.2, 0.25) is 0 Å². The summed E-state index contributed by atoms with van der Waals surface area (Å²) in [6.45, 7) is 11.5. The van der Waals surface area contributed by atoms with Crippen molar-refractivity contribution in [3.8, 4) is 17.2 Å². The second-order valence-electron chi connectivity index (χ2n) is 9.89. The van der Waals surface area contributed by atoms with Gasteiger partial charge in [-0.1, -0.05) is 17.7 Å². The molecule has 3 aromatic rings. The molecule has 1 aliphatic rings. The minimum Gasteiger partial charge on any atom is -0.489 e. The maximum atomic E-state index is 12.6. The van der Waals surface area contributed by atoms with E-state index in [4.69, 9.17) is 14.2 Å². The van der Waals surface area contributed by atoms with Crippen molar-refractivity contribution in [2.75, 3.05) is 11.3 Å². The van der Waals surface area contributed by atoms with E-state index in [0.29, 0.717) is 23.8 Å². The summed E-state index contributed by atoms with van der Waals surface area (Å²) in [6, 6.07) is 13.5. The predicted molar refractivity (Wildman–Crippen MR) is 143 cm³/mol. The summed E-state index contributed by atoms with van der Waals surface area (Å²) >= 11 is 0. The van der Waals surface area contributed by atoms with Crippen LogP contribution in [0.25, 0.3) is 0 Å². The summed E-state index contributed by atoms with van der Waals surface area (Å²) < 4.78 is 45.9. The van der Waals surface area contributed by atoms with E-state index in [2.05, 4.69) is 4.72 Å². The SMILES string of the molecule is CC(=O)Oc1c(C)c(C)c2c(c1C)CCC(C)(COc1ccc(NS(=O)(=O)c3ccc(C)cc3)cc1)O2. The van der Waals surface area contributed by atoms with E-state index >= 15 is 0 Å². The molecule has 3 aromatic carbocycles. The Balaban J connectivity index is 1.44. The Morgan fingerprint density at radius 2 is 1.62 bits per heavy atom. The molecule has 0 aliphatic carbocycles. The molecule has 4 rings (SSSR count). The highest BCUT2D eigenvalue weighted by molar-refractivity contribution is 7.92. The Labute approximate surface area is 218 Å². The van der Waals surface area contributed by atoms with Gasteiger partial charge in [-0.15, -0.1) is 0 Å². The Bertz CT molecular complexity index is 1430. The molecule has 1 heterocycles. The number of fused-ring (bicyclic) bond motifs is 1. The Kier molecular flexibility index (Phi) is 7.24. The molecule has 1 unspecified atom stereocenters. The number of ether oxygens (including phenoxy) is 3. The maximum absolute atomic E-state index is 12.6. The van der Waals surface area contributed by atoms with Gasteiger partial charge in [0.1, 0.15) is 29.5 Å². The quantitative estimate of drug-likeness (QED) is 0.311. The number of aryl methyl sites for hydroxylation is 1. The molecule has 0 radical (unpaired) electrons. The minimum absolute atomic E-state index is 0.210. The van der Waals surface area contributed by atoms with E-state index in [9.17, 15) is 13.2 Å². The molecular formula is C29H33NO6S. The zero-order valence-corrected chi connectivity index (χ0v) is 22.9. The average molecular weight is 524 g/mol. The highest BCUT2D eigenvalue weighted by atomic mass is 32.2. The van der Waals surface area contributed by atoms with Crippen LogP contribution in [0.15, 0.2) is 53.4 Å². The molecule has 0 bridgehead atoms. The number of carbonyl (C=O) groups is 1. The van der Waals surface area contributed by atoms with Crippen LogP contribution >= 0.6 is 0 Å². The molecule has 0 saturated heterocycles. The highest BCUT2D eigenvalue weighted by Crippen LogP contribution is 2.44. The minimum atomic E-state index is -3.67. The average Bonchev–Trinajstić information content (AvgIpc) is 2.85. The van der Waals surface area contributed by atoms with Crippen molar-refractivity contribution in [1.82, 2.24) is 0 Å². The van der Waals surface area contributed by atoms with Gasteiger partial charge in [-0.25, -0.2) is 8.42 Å². The summed E-state index contributed by atoms with van der Waals surface area (Å²) in [4.78, 5) is 11.8. The molecule has 0 aromatic heterocycles. The zero-order chi connectivity index (χ0) is 27.0. The molecule has 0 fully saturated rings. The predicted octanol–water partition coefficient (Wildman–Crippen LogP) is 5.81. The van der Waals surface area contributed by atoms with Crippen LogP contribution in [0.4, 0.5) is 5.69 Å². The first-order valence-electron chi connectivity index (χ1n) is 12.2. The third-order valence-electron chi connectivity index (χ3n) is 6.79. The van der Waals surface area contributed by atoms with Crippen molar-refractivity contribution in [3.63, 3.8) is 0 Å². The molecule has 0 saturated carbocycles. The summed E-state index contributed by atoms with van der Waals surface area (Å²) in [6.07, 6.45) is 1.51. The number of sulfonamides is 1. The first-order chi connectivity index (χ1) is 17.4. The first-order valence-corrected chi connectivity index (χ1v) is 13.7. The third kappa shape index (κ3) is 5.74. The van der Waals surface area contributed by atoms with E-state index in [1.165, 1.54) is 6.92 Å². The van der Waals surface area contributed by atoms with Crippen LogP contribution in [-0.2, 0) is 21.2 Å². The van der Waals surface area contributed by atoms with Gasteiger partial charge in [0.15, 0.2) is 0 Å². The Morgan fingerprint density at radius 3 is 2.24 bits per heavy atom. The van der Waals surface area contributed by atoms with Crippen molar-refractivity contribution in [3.05, 3.63) is 76.3 Å². The van der Waals surface area contributed by atoms with Gasteiger partial charge in [0.05, 0.1) is 4.90 Å². The number of hydrogen-bond acceptors (Lipinski definition) is 6. The lowest BCUT2D eigenvalue weighted by atomic mass is 9.87. The molecule has 0 spiro atoms. The van der Waals surface area contributed by atoms with Gasteiger partial charge >= 0.3 is 5.97 Å². The summed E-state index contributed by atoms with van der Waals surface area (Å²) in [5.74, 6) is 1.71.